The van der Waals surface area contributed by atoms with Crippen LogP contribution in [0.3, 0.4) is 0 Å². The minimum absolute atomic E-state index is 0.414. The molecule has 0 saturated heterocycles. The van der Waals surface area contributed by atoms with Crippen LogP contribution in [0.5, 0.6) is 0 Å². The van der Waals surface area contributed by atoms with Gasteiger partial charge in [0.1, 0.15) is 0 Å². The molecule has 0 unspecified atom stereocenters. The lowest BCUT2D eigenvalue weighted by Crippen LogP contribution is -2.24. The lowest BCUT2D eigenvalue weighted by atomic mass is 9.98. The molecule has 0 amide bonds. The Bertz CT molecular complexity index is 583. The van der Waals surface area contributed by atoms with Gasteiger partial charge < -0.3 is 4.90 Å². The number of anilines is 1. The highest BCUT2D eigenvalue weighted by Gasteiger charge is 2.14. The molecular formula is C16H21N3. The first-order valence-electron chi connectivity index (χ1n) is 7.04. The van der Waals surface area contributed by atoms with Crippen LogP contribution in [-0.2, 0) is 6.42 Å². The summed E-state index contributed by atoms with van der Waals surface area (Å²) in [5.41, 5.74) is 5.33. The molecule has 3 nitrogen and oxygen atoms in total. The number of rotatable bonds is 2. The summed E-state index contributed by atoms with van der Waals surface area (Å²) in [6.07, 6.45) is 6.54. The summed E-state index contributed by atoms with van der Waals surface area (Å²) in [4.78, 5) is 2.35. The van der Waals surface area contributed by atoms with Gasteiger partial charge in [0.2, 0.25) is 0 Å². The van der Waals surface area contributed by atoms with Gasteiger partial charge in [0.15, 0.2) is 0 Å². The number of aryl methyl sites for hydroxylation is 1. The van der Waals surface area contributed by atoms with Crippen molar-refractivity contribution in [2.75, 3.05) is 18.5 Å². The molecule has 0 aliphatic carbocycles. The highest BCUT2D eigenvalue weighted by molar-refractivity contribution is 5.68. The standard InChI is InChI=1S/C16H21N3/c1-12(2)19-11-15(10-17-19)13-6-7-16-14(9-13)5-4-8-18(16)3/h6-7,9-12H,4-5,8H2,1-3H3. The Labute approximate surface area is 114 Å². The summed E-state index contributed by atoms with van der Waals surface area (Å²) < 4.78 is 2.01. The van der Waals surface area contributed by atoms with Crippen molar-refractivity contribution in [3.05, 3.63) is 36.2 Å². The van der Waals surface area contributed by atoms with E-state index in [9.17, 15) is 0 Å². The number of nitrogens with zero attached hydrogens (tertiary/aromatic N) is 3. The molecule has 0 fully saturated rings. The Hall–Kier alpha value is -1.77. The quantitative estimate of drug-likeness (QED) is 0.818. The number of fused-ring (bicyclic) bond motifs is 1. The molecule has 1 aromatic carbocycles. The Balaban J connectivity index is 1.97. The smallest absolute Gasteiger partial charge is 0.0568 e. The van der Waals surface area contributed by atoms with Crippen LogP contribution >= 0.6 is 0 Å². The molecule has 100 valence electrons. The molecule has 2 heterocycles. The molecule has 1 aliphatic heterocycles. The van der Waals surface area contributed by atoms with Crippen molar-refractivity contribution in [2.24, 2.45) is 0 Å². The third kappa shape index (κ3) is 2.25. The molecule has 2 aromatic rings. The molecule has 1 aliphatic rings. The van der Waals surface area contributed by atoms with Gasteiger partial charge in [0.05, 0.1) is 6.20 Å². The van der Waals surface area contributed by atoms with Crippen molar-refractivity contribution < 1.29 is 0 Å². The van der Waals surface area contributed by atoms with Crippen molar-refractivity contribution in [3.8, 4) is 11.1 Å². The second-order valence-corrected chi connectivity index (χ2v) is 5.67. The third-order valence-corrected chi connectivity index (χ3v) is 3.89. The lowest BCUT2D eigenvalue weighted by Gasteiger charge is -2.27. The Morgan fingerprint density at radius 1 is 1.21 bits per heavy atom. The number of aromatic nitrogens is 2. The Morgan fingerprint density at radius 2 is 2.05 bits per heavy atom. The first-order chi connectivity index (χ1) is 9.15. The van der Waals surface area contributed by atoms with E-state index in [1.807, 2.05) is 10.9 Å². The largest absolute Gasteiger partial charge is 0.374 e. The number of benzene rings is 1. The molecule has 0 saturated carbocycles. The zero-order valence-electron chi connectivity index (χ0n) is 11.9. The van der Waals surface area contributed by atoms with E-state index in [4.69, 9.17) is 0 Å². The molecular weight excluding hydrogens is 234 g/mol. The first-order valence-corrected chi connectivity index (χ1v) is 7.04. The van der Waals surface area contributed by atoms with Crippen LogP contribution in [0.15, 0.2) is 30.6 Å². The fraction of sp³-hybridized carbons (Fsp3) is 0.438. The van der Waals surface area contributed by atoms with Crippen molar-refractivity contribution in [1.29, 1.82) is 0 Å². The van der Waals surface area contributed by atoms with Crippen LogP contribution in [0.1, 0.15) is 31.9 Å². The van der Waals surface area contributed by atoms with Gasteiger partial charge in [-0.1, -0.05) is 6.07 Å². The van der Waals surface area contributed by atoms with E-state index in [0.29, 0.717) is 6.04 Å². The highest BCUT2D eigenvalue weighted by atomic mass is 15.3. The maximum absolute atomic E-state index is 4.43. The maximum Gasteiger partial charge on any atom is 0.0568 e. The average Bonchev–Trinajstić information content (AvgIpc) is 2.88. The summed E-state index contributed by atoms with van der Waals surface area (Å²) in [6, 6.07) is 7.20. The number of hydrogen-bond acceptors (Lipinski definition) is 2. The molecule has 1 aromatic heterocycles. The third-order valence-electron chi connectivity index (χ3n) is 3.89. The van der Waals surface area contributed by atoms with Crippen LogP contribution in [0.2, 0.25) is 0 Å². The zero-order chi connectivity index (χ0) is 13.4. The lowest BCUT2D eigenvalue weighted by molar-refractivity contribution is 0.532. The van der Waals surface area contributed by atoms with E-state index in [0.717, 1.165) is 6.54 Å². The van der Waals surface area contributed by atoms with Gasteiger partial charge >= 0.3 is 0 Å². The van der Waals surface area contributed by atoms with Gasteiger partial charge in [0, 0.05) is 37.1 Å². The van der Waals surface area contributed by atoms with Crippen LogP contribution in [0.25, 0.3) is 11.1 Å². The van der Waals surface area contributed by atoms with Crippen molar-refractivity contribution in [1.82, 2.24) is 9.78 Å². The molecule has 0 N–H and O–H groups in total. The van der Waals surface area contributed by atoms with Crippen LogP contribution in [0, 0.1) is 0 Å². The van der Waals surface area contributed by atoms with Gasteiger partial charge in [-0.2, -0.15) is 5.10 Å². The van der Waals surface area contributed by atoms with Gasteiger partial charge in [-0.05, 0) is 49.9 Å². The van der Waals surface area contributed by atoms with E-state index in [-0.39, 0.29) is 0 Å². The van der Waals surface area contributed by atoms with Crippen LogP contribution in [0.4, 0.5) is 5.69 Å². The minimum Gasteiger partial charge on any atom is -0.374 e. The van der Waals surface area contributed by atoms with Crippen molar-refractivity contribution >= 4 is 5.69 Å². The average molecular weight is 255 g/mol. The maximum atomic E-state index is 4.43. The highest BCUT2D eigenvalue weighted by Crippen LogP contribution is 2.30. The monoisotopic (exact) mass is 255 g/mol. The van der Waals surface area contributed by atoms with Crippen molar-refractivity contribution in [2.45, 2.75) is 32.7 Å². The van der Waals surface area contributed by atoms with E-state index in [1.54, 1.807) is 0 Å². The van der Waals surface area contributed by atoms with Crippen molar-refractivity contribution in [3.63, 3.8) is 0 Å². The topological polar surface area (TPSA) is 21.1 Å². The molecule has 0 bridgehead atoms. The molecule has 3 rings (SSSR count). The predicted molar refractivity (Wildman–Crippen MR) is 79.6 cm³/mol. The fourth-order valence-electron chi connectivity index (χ4n) is 2.73. The zero-order valence-corrected chi connectivity index (χ0v) is 11.9. The van der Waals surface area contributed by atoms with Gasteiger partial charge in [-0.25, -0.2) is 0 Å². The normalized spacial score (nSPS) is 14.8. The SMILES string of the molecule is CC(C)n1cc(-c2ccc3c(c2)CCCN3C)cn1. The van der Waals surface area contributed by atoms with Crippen LogP contribution in [-0.4, -0.2) is 23.4 Å². The number of hydrogen-bond donors (Lipinski definition) is 0. The minimum atomic E-state index is 0.414. The summed E-state index contributed by atoms with van der Waals surface area (Å²) in [5.74, 6) is 0. The second-order valence-electron chi connectivity index (χ2n) is 5.67. The second kappa shape index (κ2) is 4.72. The van der Waals surface area contributed by atoms with Gasteiger partial charge in [0.25, 0.3) is 0 Å². The van der Waals surface area contributed by atoms with E-state index in [2.05, 4.69) is 55.3 Å². The molecule has 0 radical (unpaired) electrons. The summed E-state index contributed by atoms with van der Waals surface area (Å²) in [7, 11) is 2.18. The fourth-order valence-corrected chi connectivity index (χ4v) is 2.73. The summed E-state index contributed by atoms with van der Waals surface area (Å²) in [5, 5.41) is 4.43. The van der Waals surface area contributed by atoms with Gasteiger partial charge in [-0.3, -0.25) is 4.68 Å². The molecule has 19 heavy (non-hydrogen) atoms. The Morgan fingerprint density at radius 3 is 2.79 bits per heavy atom. The summed E-state index contributed by atoms with van der Waals surface area (Å²) >= 11 is 0. The van der Waals surface area contributed by atoms with Crippen LogP contribution < -0.4 is 4.90 Å². The van der Waals surface area contributed by atoms with Gasteiger partial charge in [-0.15, -0.1) is 0 Å². The molecule has 0 spiro atoms. The predicted octanol–water partition coefficient (Wildman–Crippen LogP) is 3.51. The summed E-state index contributed by atoms with van der Waals surface area (Å²) in [6.45, 7) is 5.47. The van der Waals surface area contributed by atoms with E-state index in [1.165, 1.54) is 35.2 Å². The Kier molecular flexibility index (Phi) is 3.05. The van der Waals surface area contributed by atoms with E-state index < -0.39 is 0 Å². The molecule has 3 heteroatoms. The first kappa shape index (κ1) is 12.3. The van der Waals surface area contributed by atoms with E-state index >= 15 is 0 Å². The molecule has 0 atom stereocenters.